The molecule has 1 aromatic heterocycles. The van der Waals surface area contributed by atoms with E-state index in [1.165, 1.54) is 0 Å². The van der Waals surface area contributed by atoms with Crippen LogP contribution < -0.4 is 9.64 Å². The molecule has 0 atom stereocenters. The molecule has 5 heteroatoms. The monoisotopic (exact) mass is 196 g/mol. The maximum absolute atomic E-state index is 10.3. The van der Waals surface area contributed by atoms with Gasteiger partial charge in [-0.3, -0.25) is 0 Å². The van der Waals surface area contributed by atoms with Gasteiger partial charge in [-0.05, 0) is 12.1 Å². The van der Waals surface area contributed by atoms with Gasteiger partial charge in [-0.1, -0.05) is 0 Å². The summed E-state index contributed by atoms with van der Waals surface area (Å²) in [5.74, 6) is 0.0900. The Hall–Kier alpha value is -1.78. The molecule has 14 heavy (non-hydrogen) atoms. The van der Waals surface area contributed by atoms with Crippen molar-refractivity contribution < 1.29 is 14.6 Å². The molecule has 0 saturated heterocycles. The maximum atomic E-state index is 10.3. The Morgan fingerprint density at radius 1 is 1.64 bits per heavy atom. The highest BCUT2D eigenvalue weighted by molar-refractivity contribution is 5.69. The minimum absolute atomic E-state index is 0.355. The molecule has 76 valence electrons. The second-order valence-corrected chi connectivity index (χ2v) is 2.90. The van der Waals surface area contributed by atoms with E-state index in [1.807, 2.05) is 14.1 Å². The molecule has 1 N–H and O–H groups in total. The van der Waals surface area contributed by atoms with Gasteiger partial charge in [0, 0.05) is 20.3 Å². The fourth-order valence-corrected chi connectivity index (χ4v) is 0.970. The highest BCUT2D eigenvalue weighted by Gasteiger charge is 2.07. The van der Waals surface area contributed by atoms with Crippen molar-refractivity contribution in [3.05, 3.63) is 18.3 Å². The minimum atomic E-state index is -1.00. The molecule has 0 fully saturated rings. The van der Waals surface area contributed by atoms with Crippen molar-refractivity contribution >= 4 is 11.8 Å². The zero-order valence-electron chi connectivity index (χ0n) is 8.10. The first kappa shape index (κ1) is 10.3. The first-order valence-corrected chi connectivity index (χ1v) is 4.08. The minimum Gasteiger partial charge on any atom is -0.479 e. The van der Waals surface area contributed by atoms with Gasteiger partial charge in [-0.15, -0.1) is 0 Å². The molecule has 0 amide bonds. The van der Waals surface area contributed by atoms with Gasteiger partial charge in [-0.2, -0.15) is 0 Å². The first-order chi connectivity index (χ1) is 6.61. The molecule has 0 radical (unpaired) electrons. The Morgan fingerprint density at radius 2 is 2.36 bits per heavy atom. The molecular weight excluding hydrogens is 184 g/mol. The van der Waals surface area contributed by atoms with Crippen LogP contribution in [0.3, 0.4) is 0 Å². The number of pyridine rings is 1. The fourth-order valence-electron chi connectivity index (χ4n) is 0.970. The topological polar surface area (TPSA) is 62.7 Å². The summed E-state index contributed by atoms with van der Waals surface area (Å²) >= 11 is 0. The van der Waals surface area contributed by atoms with E-state index in [0.29, 0.717) is 11.6 Å². The van der Waals surface area contributed by atoms with Crippen LogP contribution in [-0.2, 0) is 4.79 Å². The molecule has 0 saturated carbocycles. The SMILES string of the molecule is CN(C)c1ncccc1OCC(=O)O. The van der Waals surface area contributed by atoms with E-state index in [0.717, 1.165) is 0 Å². The number of hydrogen-bond donors (Lipinski definition) is 1. The van der Waals surface area contributed by atoms with E-state index in [9.17, 15) is 4.79 Å². The number of ether oxygens (including phenoxy) is 1. The highest BCUT2D eigenvalue weighted by atomic mass is 16.5. The lowest BCUT2D eigenvalue weighted by molar-refractivity contribution is -0.139. The number of aliphatic carboxylic acids is 1. The zero-order chi connectivity index (χ0) is 10.6. The average Bonchev–Trinajstić information content (AvgIpc) is 2.15. The summed E-state index contributed by atoms with van der Waals surface area (Å²) in [5, 5.41) is 8.45. The summed E-state index contributed by atoms with van der Waals surface area (Å²) in [6.07, 6.45) is 1.63. The van der Waals surface area contributed by atoms with Crippen molar-refractivity contribution in [2.45, 2.75) is 0 Å². The normalized spacial score (nSPS) is 9.57. The van der Waals surface area contributed by atoms with Crippen LogP contribution in [0.2, 0.25) is 0 Å². The molecule has 0 aliphatic carbocycles. The summed E-state index contributed by atoms with van der Waals surface area (Å²) < 4.78 is 5.06. The summed E-state index contributed by atoms with van der Waals surface area (Å²) in [4.78, 5) is 16.1. The number of rotatable bonds is 4. The predicted octanol–water partition coefficient (Wildman–Crippen LogP) is 0.611. The van der Waals surface area contributed by atoms with E-state index >= 15 is 0 Å². The van der Waals surface area contributed by atoms with Gasteiger partial charge in [0.2, 0.25) is 0 Å². The van der Waals surface area contributed by atoms with E-state index < -0.39 is 5.97 Å². The van der Waals surface area contributed by atoms with Gasteiger partial charge in [0.1, 0.15) is 0 Å². The molecule has 0 aromatic carbocycles. The standard InChI is InChI=1S/C9H12N2O3/c1-11(2)9-7(4-3-5-10-9)14-6-8(12)13/h3-5H,6H2,1-2H3,(H,12,13). The first-order valence-electron chi connectivity index (χ1n) is 4.08. The van der Waals surface area contributed by atoms with Gasteiger partial charge in [0.15, 0.2) is 18.2 Å². The van der Waals surface area contributed by atoms with Crippen molar-refractivity contribution in [1.82, 2.24) is 4.98 Å². The summed E-state index contributed by atoms with van der Waals surface area (Å²) in [6.45, 7) is -0.355. The zero-order valence-corrected chi connectivity index (χ0v) is 8.10. The number of anilines is 1. The van der Waals surface area contributed by atoms with Crippen molar-refractivity contribution in [3.63, 3.8) is 0 Å². The molecular formula is C9H12N2O3. The molecule has 0 spiro atoms. The number of carboxylic acids is 1. The molecule has 1 heterocycles. The van der Waals surface area contributed by atoms with Gasteiger partial charge < -0.3 is 14.7 Å². The predicted molar refractivity (Wildman–Crippen MR) is 51.7 cm³/mol. The van der Waals surface area contributed by atoms with Crippen molar-refractivity contribution in [2.24, 2.45) is 0 Å². The van der Waals surface area contributed by atoms with E-state index in [2.05, 4.69) is 4.98 Å². The smallest absolute Gasteiger partial charge is 0.341 e. The summed E-state index contributed by atoms with van der Waals surface area (Å²) in [5.41, 5.74) is 0. The molecule has 1 aromatic rings. The number of carbonyl (C=O) groups is 1. The lowest BCUT2D eigenvalue weighted by Crippen LogP contribution is -2.15. The lowest BCUT2D eigenvalue weighted by Gasteiger charge is -2.15. The summed E-state index contributed by atoms with van der Waals surface area (Å²) in [6, 6.07) is 3.38. The second kappa shape index (κ2) is 4.45. The van der Waals surface area contributed by atoms with Crippen molar-refractivity contribution in [2.75, 3.05) is 25.6 Å². The van der Waals surface area contributed by atoms with Gasteiger partial charge in [-0.25, -0.2) is 9.78 Å². The van der Waals surface area contributed by atoms with E-state index in [1.54, 1.807) is 23.2 Å². The van der Waals surface area contributed by atoms with Crippen LogP contribution in [0.1, 0.15) is 0 Å². The van der Waals surface area contributed by atoms with Gasteiger partial charge in [0.05, 0.1) is 0 Å². The quantitative estimate of drug-likeness (QED) is 0.764. The van der Waals surface area contributed by atoms with Crippen LogP contribution in [0.25, 0.3) is 0 Å². The third kappa shape index (κ3) is 2.62. The van der Waals surface area contributed by atoms with Crippen molar-refractivity contribution in [1.29, 1.82) is 0 Å². The Kier molecular flexibility index (Phi) is 3.28. The molecule has 1 rings (SSSR count). The highest BCUT2D eigenvalue weighted by Crippen LogP contribution is 2.22. The second-order valence-electron chi connectivity index (χ2n) is 2.90. The molecule has 0 bridgehead atoms. The van der Waals surface area contributed by atoms with Crippen molar-refractivity contribution in [3.8, 4) is 5.75 Å². The van der Waals surface area contributed by atoms with Crippen LogP contribution >= 0.6 is 0 Å². The number of hydrogen-bond acceptors (Lipinski definition) is 4. The van der Waals surface area contributed by atoms with Crippen LogP contribution in [0.15, 0.2) is 18.3 Å². The average molecular weight is 196 g/mol. The van der Waals surface area contributed by atoms with Gasteiger partial charge >= 0.3 is 5.97 Å². The van der Waals surface area contributed by atoms with Crippen LogP contribution in [0, 0.1) is 0 Å². The molecule has 0 aliphatic heterocycles. The third-order valence-corrected chi connectivity index (χ3v) is 1.53. The molecule has 0 aliphatic rings. The van der Waals surface area contributed by atoms with Crippen LogP contribution in [-0.4, -0.2) is 36.8 Å². The summed E-state index contributed by atoms with van der Waals surface area (Å²) in [7, 11) is 3.63. The maximum Gasteiger partial charge on any atom is 0.341 e. The third-order valence-electron chi connectivity index (χ3n) is 1.53. The Morgan fingerprint density at radius 3 is 2.93 bits per heavy atom. The van der Waals surface area contributed by atoms with Gasteiger partial charge in [0.25, 0.3) is 0 Å². The number of carboxylic acid groups (broad SMARTS) is 1. The van der Waals surface area contributed by atoms with E-state index in [4.69, 9.17) is 9.84 Å². The van der Waals surface area contributed by atoms with E-state index in [-0.39, 0.29) is 6.61 Å². The fraction of sp³-hybridized carbons (Fsp3) is 0.333. The molecule has 5 nitrogen and oxygen atoms in total. The Labute approximate surface area is 81.9 Å². The van der Waals surface area contributed by atoms with Crippen LogP contribution in [0.4, 0.5) is 5.82 Å². The largest absolute Gasteiger partial charge is 0.479 e. The number of aromatic nitrogens is 1. The molecule has 0 unspecified atom stereocenters. The Balaban J connectivity index is 2.79. The number of nitrogens with zero attached hydrogens (tertiary/aromatic N) is 2. The lowest BCUT2D eigenvalue weighted by atomic mass is 10.4. The Bertz CT molecular complexity index is 326. The van der Waals surface area contributed by atoms with Crippen LogP contribution in [0.5, 0.6) is 5.75 Å².